The lowest BCUT2D eigenvalue weighted by Gasteiger charge is -2.34. The maximum atomic E-state index is 4.98. The third-order valence-corrected chi connectivity index (χ3v) is 7.01. The predicted molar refractivity (Wildman–Crippen MR) is 108 cm³/mol. The van der Waals surface area contributed by atoms with Gasteiger partial charge < -0.3 is 4.90 Å². The molecule has 4 rings (SSSR count). The van der Waals surface area contributed by atoms with Gasteiger partial charge in [-0.3, -0.25) is 4.99 Å². The quantitative estimate of drug-likeness (QED) is 0.802. The first-order valence-corrected chi connectivity index (χ1v) is 10.5. The van der Waals surface area contributed by atoms with Gasteiger partial charge in [-0.15, -0.1) is 11.3 Å². The van der Waals surface area contributed by atoms with Crippen molar-refractivity contribution in [2.75, 3.05) is 26.7 Å². The molecule has 1 saturated heterocycles. The first-order valence-electron chi connectivity index (χ1n) is 9.70. The van der Waals surface area contributed by atoms with Gasteiger partial charge in [0.15, 0.2) is 0 Å². The van der Waals surface area contributed by atoms with Crippen LogP contribution in [0.1, 0.15) is 43.7 Å². The Bertz CT molecular complexity index is 779. The average molecular weight is 356 g/mol. The minimum absolute atomic E-state index is 0.731. The monoisotopic (exact) mass is 355 g/mol. The number of hydrogen-bond acceptors (Lipinski definition) is 4. The van der Waals surface area contributed by atoms with Crippen LogP contribution in [0.25, 0.3) is 10.2 Å². The highest BCUT2D eigenvalue weighted by Crippen LogP contribution is 2.31. The summed E-state index contributed by atoms with van der Waals surface area (Å²) in [5.74, 6) is 2.27. The molecule has 1 fully saturated rings. The maximum Gasteiger partial charge on any atom is 0.0941 e. The number of fused-ring (bicyclic) bond motifs is 1. The Morgan fingerprint density at radius 1 is 1.24 bits per heavy atom. The molecule has 134 valence electrons. The van der Waals surface area contributed by atoms with Gasteiger partial charge in [-0.05, 0) is 68.3 Å². The fourth-order valence-corrected chi connectivity index (χ4v) is 5.27. The van der Waals surface area contributed by atoms with Gasteiger partial charge in [0, 0.05) is 25.2 Å². The molecular weight excluding hydrogens is 326 g/mol. The van der Waals surface area contributed by atoms with E-state index in [2.05, 4.69) is 44.0 Å². The van der Waals surface area contributed by atoms with Crippen LogP contribution < -0.4 is 0 Å². The lowest BCUT2D eigenvalue weighted by molar-refractivity contribution is 0.154. The highest BCUT2D eigenvalue weighted by molar-refractivity contribution is 7.18. The van der Waals surface area contributed by atoms with E-state index in [0.717, 1.165) is 37.1 Å². The van der Waals surface area contributed by atoms with E-state index in [1.54, 1.807) is 0 Å². The first kappa shape index (κ1) is 17.2. The number of thiazole rings is 1. The van der Waals surface area contributed by atoms with E-state index in [4.69, 9.17) is 9.98 Å². The summed E-state index contributed by atoms with van der Waals surface area (Å²) in [5.41, 5.74) is 3.72. The van der Waals surface area contributed by atoms with Crippen molar-refractivity contribution < 1.29 is 0 Å². The van der Waals surface area contributed by atoms with E-state index in [1.807, 2.05) is 11.3 Å². The van der Waals surface area contributed by atoms with E-state index in [1.165, 1.54) is 52.4 Å². The molecule has 2 aromatic rings. The molecule has 3 unspecified atom stereocenters. The van der Waals surface area contributed by atoms with Gasteiger partial charge in [0.2, 0.25) is 0 Å². The van der Waals surface area contributed by atoms with E-state index in [9.17, 15) is 0 Å². The normalized spacial score (nSPS) is 28.3. The second-order valence-corrected chi connectivity index (χ2v) is 9.33. The Labute approximate surface area is 155 Å². The van der Waals surface area contributed by atoms with E-state index < -0.39 is 0 Å². The number of likely N-dealkylation sites (tertiary alicyclic amines) is 1. The molecule has 3 nitrogen and oxygen atoms in total. The van der Waals surface area contributed by atoms with E-state index in [0.29, 0.717) is 0 Å². The van der Waals surface area contributed by atoms with Crippen LogP contribution in [-0.2, 0) is 6.42 Å². The molecule has 2 aliphatic rings. The summed E-state index contributed by atoms with van der Waals surface area (Å²) in [7, 11) is 2.24. The number of rotatable bonds is 3. The lowest BCUT2D eigenvalue weighted by Crippen LogP contribution is -2.37. The molecule has 0 spiro atoms. The molecule has 25 heavy (non-hydrogen) atoms. The Kier molecular flexibility index (Phi) is 4.92. The molecule has 4 heteroatoms. The third-order valence-electron chi connectivity index (χ3n) is 5.96. The molecule has 0 radical (unpaired) electrons. The number of benzene rings is 1. The number of aromatic nitrogens is 1. The summed E-state index contributed by atoms with van der Waals surface area (Å²) in [4.78, 5) is 12.2. The summed E-state index contributed by atoms with van der Waals surface area (Å²) in [5, 5.41) is 1.31. The summed E-state index contributed by atoms with van der Waals surface area (Å²) in [6.45, 7) is 8.11. The molecule has 0 amide bonds. The molecule has 1 aromatic heterocycles. The van der Waals surface area contributed by atoms with Gasteiger partial charge in [0.05, 0.1) is 15.2 Å². The number of nitrogens with zero attached hydrogens (tertiary/aromatic N) is 3. The third kappa shape index (κ3) is 3.80. The zero-order valence-electron chi connectivity index (χ0n) is 15.7. The molecule has 3 heterocycles. The van der Waals surface area contributed by atoms with Crippen LogP contribution >= 0.6 is 11.3 Å². The summed E-state index contributed by atoms with van der Waals surface area (Å²) >= 11 is 1.88. The van der Waals surface area contributed by atoms with Crippen molar-refractivity contribution in [2.24, 2.45) is 22.7 Å². The van der Waals surface area contributed by atoms with Gasteiger partial charge in [0.25, 0.3) is 0 Å². The fraction of sp³-hybridized carbons (Fsp3) is 0.619. The van der Waals surface area contributed by atoms with Crippen molar-refractivity contribution in [3.05, 3.63) is 28.8 Å². The Morgan fingerprint density at radius 3 is 2.88 bits per heavy atom. The topological polar surface area (TPSA) is 28.5 Å². The van der Waals surface area contributed by atoms with Crippen LogP contribution in [0.4, 0.5) is 0 Å². The van der Waals surface area contributed by atoms with Gasteiger partial charge in [0.1, 0.15) is 0 Å². The Hall–Kier alpha value is -1.26. The smallest absolute Gasteiger partial charge is 0.0941 e. The highest BCUT2D eigenvalue weighted by Gasteiger charge is 2.25. The van der Waals surface area contributed by atoms with Crippen molar-refractivity contribution in [3.63, 3.8) is 0 Å². The molecule has 0 saturated carbocycles. The van der Waals surface area contributed by atoms with Crippen LogP contribution in [0.3, 0.4) is 0 Å². The largest absolute Gasteiger partial charge is 0.306 e. The van der Waals surface area contributed by atoms with Crippen LogP contribution in [0, 0.1) is 17.8 Å². The molecule has 0 bridgehead atoms. The fourth-order valence-electron chi connectivity index (χ4n) is 4.23. The minimum Gasteiger partial charge on any atom is -0.306 e. The summed E-state index contributed by atoms with van der Waals surface area (Å²) in [6, 6.07) is 6.77. The molecule has 3 atom stereocenters. The van der Waals surface area contributed by atoms with Crippen molar-refractivity contribution in [1.29, 1.82) is 0 Å². The SMILES string of the molecule is CC1CCC(c2ccc3sc(CC4CCN(C)CC4C)nc3c2)=NC1. The van der Waals surface area contributed by atoms with Crippen LogP contribution in [-0.4, -0.2) is 42.3 Å². The summed E-state index contributed by atoms with van der Waals surface area (Å²) < 4.78 is 1.32. The molecule has 0 N–H and O–H groups in total. The molecule has 0 aliphatic carbocycles. The van der Waals surface area contributed by atoms with Crippen LogP contribution in [0.5, 0.6) is 0 Å². The zero-order chi connectivity index (χ0) is 17.4. The highest BCUT2D eigenvalue weighted by atomic mass is 32.1. The van der Waals surface area contributed by atoms with Crippen molar-refractivity contribution >= 4 is 27.3 Å². The van der Waals surface area contributed by atoms with Gasteiger partial charge in [-0.2, -0.15) is 0 Å². The second kappa shape index (κ2) is 7.16. The number of piperidine rings is 1. The second-order valence-electron chi connectivity index (χ2n) is 8.21. The molecular formula is C21H29N3S. The predicted octanol–water partition coefficient (Wildman–Crippen LogP) is 4.65. The van der Waals surface area contributed by atoms with Crippen LogP contribution in [0.15, 0.2) is 23.2 Å². The Balaban J connectivity index is 1.52. The van der Waals surface area contributed by atoms with Crippen LogP contribution in [0.2, 0.25) is 0 Å². The lowest BCUT2D eigenvalue weighted by atomic mass is 9.85. The zero-order valence-corrected chi connectivity index (χ0v) is 16.5. The Morgan fingerprint density at radius 2 is 2.12 bits per heavy atom. The van der Waals surface area contributed by atoms with Crippen molar-refractivity contribution in [3.8, 4) is 0 Å². The maximum absolute atomic E-state index is 4.98. The standard InChI is InChI=1S/C21H29N3S/c1-14-4-6-18(22-12-14)17-5-7-20-19(10-17)23-21(25-20)11-16-8-9-24(3)13-15(16)2/h5,7,10,14-16H,4,6,8-9,11-13H2,1-3H3. The minimum atomic E-state index is 0.731. The first-order chi connectivity index (χ1) is 12.1. The average Bonchev–Trinajstić information content (AvgIpc) is 2.99. The van der Waals surface area contributed by atoms with E-state index in [-0.39, 0.29) is 0 Å². The van der Waals surface area contributed by atoms with Gasteiger partial charge >= 0.3 is 0 Å². The molecule has 1 aromatic carbocycles. The molecule has 2 aliphatic heterocycles. The van der Waals surface area contributed by atoms with Crippen molar-refractivity contribution in [2.45, 2.75) is 39.5 Å². The van der Waals surface area contributed by atoms with E-state index >= 15 is 0 Å². The summed E-state index contributed by atoms with van der Waals surface area (Å²) in [6.07, 6.45) is 4.81. The number of hydrogen-bond donors (Lipinski definition) is 0. The van der Waals surface area contributed by atoms with Gasteiger partial charge in [-0.1, -0.05) is 19.9 Å². The van der Waals surface area contributed by atoms with Gasteiger partial charge in [-0.25, -0.2) is 4.98 Å². The number of aliphatic imine (C=N–C) groups is 1. The van der Waals surface area contributed by atoms with Crippen molar-refractivity contribution in [1.82, 2.24) is 9.88 Å².